The van der Waals surface area contributed by atoms with Crippen LogP contribution in [0.5, 0.6) is 0 Å². The van der Waals surface area contributed by atoms with Gasteiger partial charge in [0, 0.05) is 24.2 Å². The number of nitrogens with zero attached hydrogens (tertiary/aromatic N) is 5. The number of hydrogen-bond acceptors (Lipinski definition) is 9. The van der Waals surface area contributed by atoms with Crippen LogP contribution < -0.4 is 15.5 Å². The van der Waals surface area contributed by atoms with Crippen molar-refractivity contribution >= 4 is 29.0 Å². The van der Waals surface area contributed by atoms with Gasteiger partial charge in [-0.1, -0.05) is 53.6 Å². The molecule has 3 aliphatic heterocycles. The van der Waals surface area contributed by atoms with Crippen molar-refractivity contribution in [1.29, 1.82) is 5.26 Å². The molecule has 0 radical (unpaired) electrons. The summed E-state index contributed by atoms with van der Waals surface area (Å²) < 4.78 is 12.0. The second-order valence-electron chi connectivity index (χ2n) is 10.0. The van der Waals surface area contributed by atoms with E-state index in [0.717, 1.165) is 42.7 Å². The van der Waals surface area contributed by atoms with Gasteiger partial charge >= 0.3 is 6.01 Å². The van der Waals surface area contributed by atoms with Gasteiger partial charge in [0.2, 0.25) is 6.17 Å². The zero-order valence-electron chi connectivity index (χ0n) is 21.4. The summed E-state index contributed by atoms with van der Waals surface area (Å²) in [6, 6.07) is 25.0. The number of rotatable bonds is 5. The Kier molecular flexibility index (Phi) is 5.98. The van der Waals surface area contributed by atoms with Crippen molar-refractivity contribution in [1.82, 2.24) is 10.2 Å². The standard InChI is InChI=1S/C30H25N7O3/c31-15-18-10-13-23(25(14-18)37-16-20-11-12-21(17-37)39-20)29-35-36-30(40-29)34-27-28(38)32-24-9-5-4-8-22(24)26(33-27)19-6-2-1-3-7-19/h1-10,13-14,20-21,27H,11-12,16-17H2,(H,32,38)(H,34,36)/t20?,21?,27-/m1/s1. The summed E-state index contributed by atoms with van der Waals surface area (Å²) in [6.07, 6.45) is 1.40. The van der Waals surface area contributed by atoms with Crippen LogP contribution in [0.25, 0.3) is 11.5 Å². The molecule has 0 saturated carbocycles. The number of morpholine rings is 1. The first-order valence-electron chi connectivity index (χ1n) is 13.2. The number of carbonyl (C=O) groups is 1. The molecule has 7 rings (SSSR count). The van der Waals surface area contributed by atoms with Crippen molar-refractivity contribution < 1.29 is 13.9 Å². The molecule has 2 bridgehead atoms. The highest BCUT2D eigenvalue weighted by Crippen LogP contribution is 2.36. The van der Waals surface area contributed by atoms with Crippen molar-refractivity contribution in [3.05, 3.63) is 89.5 Å². The van der Waals surface area contributed by atoms with E-state index in [2.05, 4.69) is 31.8 Å². The van der Waals surface area contributed by atoms with Crippen LogP contribution in [0.15, 0.2) is 82.2 Å². The summed E-state index contributed by atoms with van der Waals surface area (Å²) in [4.78, 5) is 20.2. The average Bonchev–Trinajstić information content (AvgIpc) is 3.56. The minimum absolute atomic E-state index is 0.0645. The molecule has 10 nitrogen and oxygen atoms in total. The lowest BCUT2D eigenvalue weighted by molar-refractivity contribution is -0.116. The molecular weight excluding hydrogens is 506 g/mol. The number of nitriles is 1. The van der Waals surface area contributed by atoms with Crippen LogP contribution >= 0.6 is 0 Å². The van der Waals surface area contributed by atoms with Crippen LogP contribution in [0.1, 0.15) is 29.5 Å². The van der Waals surface area contributed by atoms with Crippen LogP contribution in [0.3, 0.4) is 0 Å². The lowest BCUT2D eigenvalue weighted by Gasteiger charge is -2.34. The van der Waals surface area contributed by atoms with Crippen molar-refractivity contribution in [3.63, 3.8) is 0 Å². The maximum atomic E-state index is 13.2. The fourth-order valence-electron chi connectivity index (χ4n) is 5.54. The number of nitrogens with one attached hydrogen (secondary N) is 2. The number of aliphatic imine (C=N–C) groups is 1. The van der Waals surface area contributed by atoms with E-state index in [1.165, 1.54) is 0 Å². The number of benzene rings is 3. The Hall–Kier alpha value is -5.01. The molecule has 3 atom stereocenters. The second-order valence-corrected chi connectivity index (χ2v) is 10.0. The topological polar surface area (TPSA) is 129 Å². The summed E-state index contributed by atoms with van der Waals surface area (Å²) in [5.41, 5.74) is 5.15. The third-order valence-electron chi connectivity index (χ3n) is 7.42. The number of hydrogen-bond donors (Lipinski definition) is 2. The largest absolute Gasteiger partial charge is 0.403 e. The molecular formula is C30H25N7O3. The molecule has 4 aromatic rings. The number of anilines is 3. The molecule has 0 spiro atoms. The number of para-hydroxylation sites is 1. The molecule has 4 heterocycles. The maximum Gasteiger partial charge on any atom is 0.317 e. The van der Waals surface area contributed by atoms with Crippen molar-refractivity contribution in [2.75, 3.05) is 28.6 Å². The lowest BCUT2D eigenvalue weighted by Crippen LogP contribution is -2.42. The molecule has 2 fully saturated rings. The summed E-state index contributed by atoms with van der Waals surface area (Å²) in [5, 5.41) is 24.0. The van der Waals surface area contributed by atoms with E-state index in [9.17, 15) is 10.1 Å². The smallest absolute Gasteiger partial charge is 0.317 e. The highest BCUT2D eigenvalue weighted by Gasteiger charge is 2.35. The van der Waals surface area contributed by atoms with Gasteiger partial charge in [0.1, 0.15) is 0 Å². The van der Waals surface area contributed by atoms with Gasteiger partial charge in [-0.15, -0.1) is 5.10 Å². The Morgan fingerprint density at radius 3 is 2.52 bits per heavy atom. The SMILES string of the molecule is N#Cc1ccc(-c2nnc(N[C@H]3N=C(c4ccccc4)c4ccccc4NC3=O)o2)c(N2CC3CCC(C2)O3)c1. The van der Waals surface area contributed by atoms with E-state index in [4.69, 9.17) is 14.1 Å². The van der Waals surface area contributed by atoms with Gasteiger partial charge in [0.25, 0.3) is 11.8 Å². The van der Waals surface area contributed by atoms with Gasteiger partial charge in [0.05, 0.1) is 46.5 Å². The van der Waals surface area contributed by atoms with Crippen LogP contribution in [-0.2, 0) is 9.53 Å². The highest BCUT2D eigenvalue weighted by molar-refractivity contribution is 6.19. The minimum atomic E-state index is -1.01. The molecule has 3 aromatic carbocycles. The number of ether oxygens (including phenoxy) is 1. The third kappa shape index (κ3) is 4.46. The summed E-state index contributed by atoms with van der Waals surface area (Å²) in [7, 11) is 0. The van der Waals surface area contributed by atoms with Gasteiger partial charge in [-0.25, -0.2) is 4.99 Å². The molecule has 10 heteroatoms. The number of carbonyl (C=O) groups excluding carboxylic acids is 1. The highest BCUT2D eigenvalue weighted by atomic mass is 16.5. The van der Waals surface area contributed by atoms with Crippen LogP contribution in [-0.4, -0.2) is 53.3 Å². The molecule has 3 aliphatic rings. The number of benzodiazepines with no additional fused rings is 1. The monoisotopic (exact) mass is 531 g/mol. The van der Waals surface area contributed by atoms with Gasteiger partial charge in [-0.2, -0.15) is 5.26 Å². The first-order valence-corrected chi connectivity index (χ1v) is 13.2. The molecule has 0 aliphatic carbocycles. The predicted molar refractivity (Wildman–Crippen MR) is 149 cm³/mol. The molecule has 2 saturated heterocycles. The fourth-order valence-corrected chi connectivity index (χ4v) is 5.54. The number of amides is 1. The maximum absolute atomic E-state index is 13.2. The van der Waals surface area contributed by atoms with E-state index >= 15 is 0 Å². The van der Waals surface area contributed by atoms with Crippen molar-refractivity contribution in [2.45, 2.75) is 31.2 Å². The summed E-state index contributed by atoms with van der Waals surface area (Å²) >= 11 is 0. The molecule has 1 amide bonds. The van der Waals surface area contributed by atoms with Crippen LogP contribution in [0.2, 0.25) is 0 Å². The summed E-state index contributed by atoms with van der Waals surface area (Å²) in [5.74, 6) is -0.0635. The van der Waals surface area contributed by atoms with E-state index in [1.54, 1.807) is 6.07 Å². The third-order valence-corrected chi connectivity index (χ3v) is 7.42. The Morgan fingerprint density at radius 1 is 0.950 bits per heavy atom. The lowest BCUT2D eigenvalue weighted by atomic mass is 10.0. The van der Waals surface area contributed by atoms with E-state index in [1.807, 2.05) is 66.7 Å². The quantitative estimate of drug-likeness (QED) is 0.392. The average molecular weight is 532 g/mol. The molecule has 1 aromatic heterocycles. The molecule has 2 unspecified atom stereocenters. The zero-order valence-corrected chi connectivity index (χ0v) is 21.4. The van der Waals surface area contributed by atoms with Gasteiger partial charge in [0.15, 0.2) is 0 Å². The Balaban J connectivity index is 1.21. The molecule has 2 N–H and O–H groups in total. The van der Waals surface area contributed by atoms with Crippen molar-refractivity contribution in [2.24, 2.45) is 4.99 Å². The summed E-state index contributed by atoms with van der Waals surface area (Å²) in [6.45, 7) is 1.47. The van der Waals surface area contributed by atoms with Gasteiger partial charge < -0.3 is 24.7 Å². The van der Waals surface area contributed by atoms with Crippen LogP contribution in [0, 0.1) is 11.3 Å². The second kappa shape index (κ2) is 9.94. The predicted octanol–water partition coefficient (Wildman–Crippen LogP) is 4.20. The van der Waals surface area contributed by atoms with E-state index in [0.29, 0.717) is 22.5 Å². The number of fused-ring (bicyclic) bond motifs is 3. The van der Waals surface area contributed by atoms with Crippen molar-refractivity contribution in [3.8, 4) is 17.5 Å². The first-order chi connectivity index (χ1) is 19.6. The minimum Gasteiger partial charge on any atom is -0.403 e. The molecule has 40 heavy (non-hydrogen) atoms. The Morgan fingerprint density at radius 2 is 1.73 bits per heavy atom. The first kappa shape index (κ1) is 24.1. The van der Waals surface area contributed by atoms with E-state index in [-0.39, 0.29) is 30.0 Å². The van der Waals surface area contributed by atoms with Crippen LogP contribution in [0.4, 0.5) is 17.4 Å². The number of aromatic nitrogens is 2. The Bertz CT molecular complexity index is 1650. The van der Waals surface area contributed by atoms with Gasteiger partial charge in [-0.3, -0.25) is 4.79 Å². The normalized spacial score (nSPS) is 21.6. The Labute approximate surface area is 230 Å². The zero-order chi connectivity index (χ0) is 27.1. The fraction of sp³-hybridized carbons (Fsp3) is 0.233. The van der Waals surface area contributed by atoms with E-state index < -0.39 is 6.17 Å². The van der Waals surface area contributed by atoms with Gasteiger partial charge in [-0.05, 0) is 37.1 Å². The molecule has 198 valence electrons.